The molecule has 2 fully saturated rings. The van der Waals surface area contributed by atoms with E-state index in [4.69, 9.17) is 0 Å². The summed E-state index contributed by atoms with van der Waals surface area (Å²) in [6.45, 7) is 8.61. The van der Waals surface area contributed by atoms with Crippen molar-refractivity contribution in [2.24, 2.45) is 5.92 Å². The van der Waals surface area contributed by atoms with E-state index in [1.165, 1.54) is 4.90 Å². The number of hydrogen-bond acceptors (Lipinski definition) is 6. The number of carbonyl (C=O) groups is 2. The van der Waals surface area contributed by atoms with Crippen LogP contribution in [0.1, 0.15) is 38.1 Å². The molecular weight excluding hydrogens is 374 g/mol. The zero-order chi connectivity index (χ0) is 20.3. The highest BCUT2D eigenvalue weighted by Gasteiger charge is 2.57. The third-order valence-electron chi connectivity index (χ3n) is 5.85. The second-order valence-corrected chi connectivity index (χ2v) is 9.59. The number of piperidine rings is 1. The van der Waals surface area contributed by atoms with Crippen molar-refractivity contribution in [1.82, 2.24) is 24.6 Å². The van der Waals surface area contributed by atoms with Crippen LogP contribution in [0.3, 0.4) is 0 Å². The molecule has 0 aliphatic carbocycles. The van der Waals surface area contributed by atoms with E-state index in [2.05, 4.69) is 23.7 Å². The Kier molecular flexibility index (Phi) is 6.73. The summed E-state index contributed by atoms with van der Waals surface area (Å²) in [5.74, 6) is 0.512. The highest BCUT2D eigenvalue weighted by molar-refractivity contribution is 7.09. The summed E-state index contributed by atoms with van der Waals surface area (Å²) in [4.78, 5) is 38.7. The molecule has 0 saturated carbocycles. The van der Waals surface area contributed by atoms with Gasteiger partial charge in [0.2, 0.25) is 0 Å². The first-order chi connectivity index (χ1) is 13.3. The van der Waals surface area contributed by atoms with E-state index in [9.17, 15) is 9.59 Å². The van der Waals surface area contributed by atoms with Crippen molar-refractivity contribution < 1.29 is 9.59 Å². The van der Waals surface area contributed by atoms with Crippen LogP contribution in [-0.4, -0.2) is 88.9 Å². The van der Waals surface area contributed by atoms with Gasteiger partial charge in [-0.1, -0.05) is 13.8 Å². The number of amides is 3. The first-order valence-corrected chi connectivity index (χ1v) is 11.1. The summed E-state index contributed by atoms with van der Waals surface area (Å²) in [5, 5.41) is 3.10. The zero-order valence-electron chi connectivity index (χ0n) is 17.6. The number of aromatic nitrogens is 1. The molecule has 0 aromatic carbocycles. The maximum atomic E-state index is 13.4. The summed E-state index contributed by atoms with van der Waals surface area (Å²) < 4.78 is 0. The first-order valence-electron chi connectivity index (χ1n) is 10.2. The first kappa shape index (κ1) is 21.2. The predicted molar refractivity (Wildman–Crippen MR) is 111 cm³/mol. The van der Waals surface area contributed by atoms with E-state index in [1.807, 2.05) is 35.5 Å². The van der Waals surface area contributed by atoms with Crippen molar-refractivity contribution in [3.05, 3.63) is 16.6 Å². The number of likely N-dealkylation sites (N-methyl/N-ethyl adjacent to an activating group) is 1. The van der Waals surface area contributed by atoms with E-state index >= 15 is 0 Å². The van der Waals surface area contributed by atoms with Crippen LogP contribution in [0, 0.1) is 5.92 Å². The van der Waals surface area contributed by atoms with Gasteiger partial charge in [-0.3, -0.25) is 14.6 Å². The van der Waals surface area contributed by atoms with Gasteiger partial charge in [-0.2, -0.15) is 0 Å². The SMILES string of the molecule is CC(C)CCN1C(=O)N(CCN(C)C)C(=O)C12CCN(Cc1nccs1)CC2. The van der Waals surface area contributed by atoms with E-state index in [1.54, 1.807) is 11.3 Å². The quantitative estimate of drug-likeness (QED) is 0.619. The Hall–Kier alpha value is -1.51. The van der Waals surface area contributed by atoms with Gasteiger partial charge >= 0.3 is 6.03 Å². The number of likely N-dealkylation sites (tertiary alicyclic amines) is 1. The topological polar surface area (TPSA) is 60.0 Å². The van der Waals surface area contributed by atoms with Gasteiger partial charge in [0.1, 0.15) is 10.5 Å². The smallest absolute Gasteiger partial charge is 0.309 e. The monoisotopic (exact) mass is 407 g/mol. The Morgan fingerprint density at radius 2 is 1.93 bits per heavy atom. The van der Waals surface area contributed by atoms with Crippen molar-refractivity contribution in [2.75, 3.05) is 46.8 Å². The third-order valence-corrected chi connectivity index (χ3v) is 6.61. The number of thiazole rings is 1. The summed E-state index contributed by atoms with van der Waals surface area (Å²) in [5.41, 5.74) is -0.655. The molecule has 1 spiro atoms. The summed E-state index contributed by atoms with van der Waals surface area (Å²) in [7, 11) is 3.93. The number of hydrogen-bond donors (Lipinski definition) is 0. The molecule has 0 atom stereocenters. The largest absolute Gasteiger partial charge is 0.327 e. The molecule has 0 radical (unpaired) electrons. The molecule has 7 nitrogen and oxygen atoms in total. The highest BCUT2D eigenvalue weighted by atomic mass is 32.1. The third kappa shape index (κ3) is 4.39. The molecule has 2 saturated heterocycles. The molecule has 8 heteroatoms. The van der Waals surface area contributed by atoms with Gasteiger partial charge < -0.3 is 9.80 Å². The van der Waals surface area contributed by atoms with Gasteiger partial charge in [0.05, 0.1) is 6.54 Å². The van der Waals surface area contributed by atoms with Gasteiger partial charge in [-0.25, -0.2) is 9.78 Å². The predicted octanol–water partition coefficient (Wildman–Crippen LogP) is 2.35. The molecule has 3 amide bonds. The molecule has 2 aliphatic heterocycles. The number of carbonyl (C=O) groups excluding carboxylic acids is 2. The molecule has 0 N–H and O–H groups in total. The lowest BCUT2D eigenvalue weighted by Gasteiger charge is -2.42. The molecule has 3 rings (SSSR count). The molecular formula is C20H33N5O2S. The lowest BCUT2D eigenvalue weighted by molar-refractivity contribution is -0.135. The van der Waals surface area contributed by atoms with Crippen molar-refractivity contribution in [3.63, 3.8) is 0 Å². The van der Waals surface area contributed by atoms with Crippen molar-refractivity contribution in [1.29, 1.82) is 0 Å². The van der Waals surface area contributed by atoms with Crippen LogP contribution in [-0.2, 0) is 11.3 Å². The zero-order valence-corrected chi connectivity index (χ0v) is 18.4. The van der Waals surface area contributed by atoms with Gasteiger partial charge in [0.15, 0.2) is 0 Å². The maximum absolute atomic E-state index is 13.4. The minimum Gasteiger partial charge on any atom is -0.309 e. The highest BCUT2D eigenvalue weighted by Crippen LogP contribution is 2.38. The van der Waals surface area contributed by atoms with Crippen molar-refractivity contribution in [3.8, 4) is 0 Å². The van der Waals surface area contributed by atoms with Crippen LogP contribution in [0.2, 0.25) is 0 Å². The van der Waals surface area contributed by atoms with Gasteiger partial charge in [-0.05, 0) is 39.3 Å². The average Bonchev–Trinajstić information content (AvgIpc) is 3.21. The van der Waals surface area contributed by atoms with Crippen LogP contribution in [0.4, 0.5) is 4.79 Å². The minimum absolute atomic E-state index is 0.0111. The Bertz CT molecular complexity index is 668. The van der Waals surface area contributed by atoms with E-state index in [0.717, 1.165) is 31.1 Å². The van der Waals surface area contributed by atoms with Crippen LogP contribution in [0.5, 0.6) is 0 Å². The molecule has 3 heterocycles. The normalized spacial score (nSPS) is 20.4. The Balaban J connectivity index is 1.73. The number of urea groups is 1. The standard InChI is InChI=1S/C20H33N5O2S/c1-16(2)5-9-25-19(27)24(13-12-22(3)4)18(26)20(25)6-10-23(11-7-20)15-17-21-8-14-28-17/h8,14,16H,5-7,9-13,15H2,1-4H3. The fourth-order valence-electron chi connectivity index (χ4n) is 4.06. The number of imide groups is 1. The fourth-order valence-corrected chi connectivity index (χ4v) is 4.72. The summed E-state index contributed by atoms with van der Waals surface area (Å²) in [6.07, 6.45) is 4.17. The van der Waals surface area contributed by atoms with Gasteiger partial charge in [0, 0.05) is 44.3 Å². The molecule has 0 unspecified atom stereocenters. The van der Waals surface area contributed by atoms with Crippen LogP contribution in [0.15, 0.2) is 11.6 Å². The van der Waals surface area contributed by atoms with Gasteiger partial charge in [0.25, 0.3) is 5.91 Å². The van der Waals surface area contributed by atoms with E-state index in [-0.39, 0.29) is 11.9 Å². The second-order valence-electron chi connectivity index (χ2n) is 8.61. The van der Waals surface area contributed by atoms with Gasteiger partial charge in [-0.15, -0.1) is 11.3 Å². The van der Waals surface area contributed by atoms with Crippen molar-refractivity contribution >= 4 is 23.3 Å². The Labute approximate surface area is 172 Å². The molecule has 1 aromatic rings. The number of rotatable bonds is 8. The Morgan fingerprint density at radius 3 is 2.50 bits per heavy atom. The maximum Gasteiger partial charge on any atom is 0.327 e. The van der Waals surface area contributed by atoms with Crippen LogP contribution < -0.4 is 0 Å². The van der Waals surface area contributed by atoms with Crippen LogP contribution >= 0.6 is 11.3 Å². The lowest BCUT2D eigenvalue weighted by atomic mass is 9.85. The fraction of sp³-hybridized carbons (Fsp3) is 0.750. The minimum atomic E-state index is -0.655. The molecule has 28 heavy (non-hydrogen) atoms. The molecule has 2 aliphatic rings. The lowest BCUT2D eigenvalue weighted by Crippen LogP contribution is -2.56. The second kappa shape index (κ2) is 8.88. The molecule has 156 valence electrons. The summed E-state index contributed by atoms with van der Waals surface area (Å²) >= 11 is 1.67. The average molecular weight is 408 g/mol. The molecule has 0 bridgehead atoms. The Morgan fingerprint density at radius 1 is 1.21 bits per heavy atom. The van der Waals surface area contributed by atoms with Crippen molar-refractivity contribution in [2.45, 2.75) is 45.2 Å². The summed E-state index contributed by atoms with van der Waals surface area (Å²) in [6, 6.07) is -0.0964. The van der Waals surface area contributed by atoms with Crippen LogP contribution in [0.25, 0.3) is 0 Å². The molecule has 1 aromatic heterocycles. The number of nitrogens with zero attached hydrogens (tertiary/aromatic N) is 5. The van der Waals surface area contributed by atoms with E-state index in [0.29, 0.717) is 38.4 Å². The van der Waals surface area contributed by atoms with E-state index < -0.39 is 5.54 Å².